The number of carbonyl (C=O) groups excluding carboxylic acids is 1. The first-order valence-corrected chi connectivity index (χ1v) is 8.99. The maximum absolute atomic E-state index is 12.4. The second kappa shape index (κ2) is 7.13. The monoisotopic (exact) mass is 320 g/mol. The van der Waals surface area contributed by atoms with E-state index in [0.717, 1.165) is 44.5 Å². The summed E-state index contributed by atoms with van der Waals surface area (Å²) >= 11 is 1.79. The van der Waals surface area contributed by atoms with Gasteiger partial charge >= 0.3 is 0 Å². The molecule has 1 amide bonds. The van der Waals surface area contributed by atoms with Gasteiger partial charge in [0.1, 0.15) is 6.54 Å². The Morgan fingerprint density at radius 1 is 1.45 bits per heavy atom. The quantitative estimate of drug-likeness (QED) is 0.640. The molecule has 1 aromatic rings. The summed E-state index contributed by atoms with van der Waals surface area (Å²) in [7, 11) is 0. The molecule has 0 aromatic carbocycles. The van der Waals surface area contributed by atoms with Gasteiger partial charge < -0.3 is 15.5 Å². The lowest BCUT2D eigenvalue weighted by Crippen LogP contribution is -2.40. The van der Waals surface area contributed by atoms with E-state index in [4.69, 9.17) is 0 Å². The van der Waals surface area contributed by atoms with Gasteiger partial charge in [-0.05, 0) is 49.1 Å². The van der Waals surface area contributed by atoms with Crippen molar-refractivity contribution in [2.24, 2.45) is 10.9 Å². The number of carbonyl (C=O) groups is 1. The Labute approximate surface area is 135 Å². The number of hydrogen-bond donors (Lipinski definition) is 2. The van der Waals surface area contributed by atoms with Crippen LogP contribution >= 0.6 is 11.3 Å². The lowest BCUT2D eigenvalue weighted by molar-refractivity contribution is -0.130. The fourth-order valence-corrected chi connectivity index (χ4v) is 3.50. The number of thiophene rings is 1. The average Bonchev–Trinajstić information content (AvgIpc) is 3.24. The zero-order valence-electron chi connectivity index (χ0n) is 13.1. The second-order valence-corrected chi connectivity index (χ2v) is 6.95. The number of nitrogens with one attached hydrogen (secondary N) is 2. The number of nitrogens with zero attached hydrogens (tertiary/aromatic N) is 2. The van der Waals surface area contributed by atoms with Gasteiger partial charge in [-0.1, -0.05) is 0 Å². The summed E-state index contributed by atoms with van der Waals surface area (Å²) in [6, 6.07) is 2.13. The lowest BCUT2D eigenvalue weighted by Gasteiger charge is -2.26. The molecule has 0 bridgehead atoms. The first kappa shape index (κ1) is 15.3. The van der Waals surface area contributed by atoms with Crippen LogP contribution in [0, 0.1) is 5.92 Å². The van der Waals surface area contributed by atoms with Crippen molar-refractivity contribution in [2.75, 3.05) is 26.2 Å². The summed E-state index contributed by atoms with van der Waals surface area (Å²) in [5, 5.41) is 8.64. The molecule has 2 aliphatic rings. The van der Waals surface area contributed by atoms with Crippen LogP contribution in [0.15, 0.2) is 16.4 Å². The second-order valence-electron chi connectivity index (χ2n) is 5.95. The Hall–Kier alpha value is -1.56. The molecule has 6 heteroatoms. The van der Waals surface area contributed by atoms with Crippen molar-refractivity contribution in [1.29, 1.82) is 0 Å². The zero-order valence-corrected chi connectivity index (χ0v) is 13.9. The minimum Gasteiger partial charge on any atom is -0.357 e. The van der Waals surface area contributed by atoms with Crippen LogP contribution in [0.5, 0.6) is 0 Å². The number of fused-ring (bicyclic) bond motifs is 1. The van der Waals surface area contributed by atoms with Crippen LogP contribution < -0.4 is 10.6 Å². The van der Waals surface area contributed by atoms with Crippen molar-refractivity contribution >= 4 is 23.2 Å². The normalized spacial score (nSPS) is 18.0. The van der Waals surface area contributed by atoms with E-state index in [0.29, 0.717) is 0 Å². The van der Waals surface area contributed by atoms with Crippen molar-refractivity contribution in [1.82, 2.24) is 15.5 Å². The molecule has 0 saturated heterocycles. The summed E-state index contributed by atoms with van der Waals surface area (Å²) in [6.45, 7) is 5.58. The molecule has 1 saturated carbocycles. The van der Waals surface area contributed by atoms with Gasteiger partial charge in [-0.25, -0.2) is 4.99 Å². The van der Waals surface area contributed by atoms with Crippen LogP contribution in [0.2, 0.25) is 0 Å². The van der Waals surface area contributed by atoms with Crippen molar-refractivity contribution < 1.29 is 4.79 Å². The van der Waals surface area contributed by atoms with Gasteiger partial charge in [0.2, 0.25) is 5.91 Å². The third kappa shape index (κ3) is 4.00. The summed E-state index contributed by atoms with van der Waals surface area (Å²) in [6.07, 6.45) is 3.59. The first-order valence-electron chi connectivity index (χ1n) is 8.11. The van der Waals surface area contributed by atoms with E-state index in [2.05, 4.69) is 27.1 Å². The van der Waals surface area contributed by atoms with E-state index >= 15 is 0 Å². The van der Waals surface area contributed by atoms with Gasteiger partial charge in [0, 0.05) is 31.1 Å². The van der Waals surface area contributed by atoms with Crippen LogP contribution in [0.3, 0.4) is 0 Å². The predicted octanol–water partition coefficient (Wildman–Crippen LogP) is 1.60. The molecule has 22 heavy (non-hydrogen) atoms. The molecule has 1 aliphatic heterocycles. The summed E-state index contributed by atoms with van der Waals surface area (Å²) in [5.41, 5.74) is 1.30. The highest BCUT2D eigenvalue weighted by molar-refractivity contribution is 7.10. The molecule has 1 aromatic heterocycles. The highest BCUT2D eigenvalue weighted by Crippen LogP contribution is 2.27. The number of aliphatic imine (C=N–C) groups is 1. The van der Waals surface area contributed by atoms with Gasteiger partial charge in [-0.2, -0.15) is 0 Å². The molecule has 2 N–H and O–H groups in total. The smallest absolute Gasteiger partial charge is 0.244 e. The molecular weight excluding hydrogens is 296 g/mol. The van der Waals surface area contributed by atoms with E-state index < -0.39 is 0 Å². The van der Waals surface area contributed by atoms with E-state index in [1.54, 1.807) is 11.3 Å². The molecule has 120 valence electrons. The van der Waals surface area contributed by atoms with Crippen LogP contribution in [0.4, 0.5) is 0 Å². The molecule has 0 radical (unpaired) electrons. The van der Waals surface area contributed by atoms with Gasteiger partial charge in [-0.3, -0.25) is 4.79 Å². The highest BCUT2D eigenvalue weighted by Gasteiger charge is 2.22. The van der Waals surface area contributed by atoms with E-state index in [1.165, 1.54) is 23.3 Å². The van der Waals surface area contributed by atoms with Gasteiger partial charge in [0.25, 0.3) is 0 Å². The van der Waals surface area contributed by atoms with Crippen molar-refractivity contribution in [3.63, 3.8) is 0 Å². The Morgan fingerprint density at radius 3 is 3.09 bits per heavy atom. The highest BCUT2D eigenvalue weighted by atomic mass is 32.1. The Morgan fingerprint density at radius 2 is 2.32 bits per heavy atom. The molecular formula is C16H24N4OS. The maximum Gasteiger partial charge on any atom is 0.244 e. The molecule has 1 fully saturated rings. The molecule has 0 atom stereocenters. The van der Waals surface area contributed by atoms with Crippen LogP contribution in [0.25, 0.3) is 0 Å². The topological polar surface area (TPSA) is 56.7 Å². The fourth-order valence-electron chi connectivity index (χ4n) is 2.61. The number of amides is 1. The molecule has 5 nitrogen and oxygen atoms in total. The zero-order chi connectivity index (χ0) is 15.4. The van der Waals surface area contributed by atoms with E-state index in [1.807, 2.05) is 11.8 Å². The average molecular weight is 320 g/mol. The molecule has 1 aliphatic carbocycles. The minimum absolute atomic E-state index is 0.112. The maximum atomic E-state index is 12.4. The van der Waals surface area contributed by atoms with E-state index in [-0.39, 0.29) is 12.5 Å². The Kier molecular flexibility index (Phi) is 4.97. The summed E-state index contributed by atoms with van der Waals surface area (Å²) in [5.74, 6) is 1.66. The van der Waals surface area contributed by atoms with E-state index in [9.17, 15) is 4.79 Å². The predicted molar refractivity (Wildman–Crippen MR) is 90.1 cm³/mol. The lowest BCUT2D eigenvalue weighted by atomic mass is 10.1. The van der Waals surface area contributed by atoms with Gasteiger partial charge in [0.15, 0.2) is 5.96 Å². The molecule has 2 heterocycles. The largest absolute Gasteiger partial charge is 0.357 e. The molecule has 3 rings (SSSR count). The Balaban J connectivity index is 1.52. The van der Waals surface area contributed by atoms with Crippen LogP contribution in [-0.2, 0) is 17.8 Å². The van der Waals surface area contributed by atoms with Crippen molar-refractivity contribution in [3.05, 3.63) is 21.9 Å². The number of hydrogen-bond acceptors (Lipinski definition) is 3. The standard InChI is InChI=1S/C16H24N4OS/c1-2-17-16(18-9-12-3-4-12)19-10-15(21)20-7-5-14-13(11-20)6-8-22-14/h6,8,12H,2-5,7,9-11H2,1H3,(H2,17,18,19). The summed E-state index contributed by atoms with van der Waals surface area (Å²) < 4.78 is 0. The van der Waals surface area contributed by atoms with Crippen molar-refractivity contribution in [3.8, 4) is 0 Å². The number of guanidine groups is 1. The van der Waals surface area contributed by atoms with Crippen molar-refractivity contribution in [2.45, 2.75) is 32.7 Å². The molecule has 0 unspecified atom stereocenters. The fraction of sp³-hybridized carbons (Fsp3) is 0.625. The third-order valence-corrected chi connectivity index (χ3v) is 5.16. The SMILES string of the molecule is CCNC(=NCC(=O)N1CCc2sccc2C1)NCC1CC1. The third-order valence-electron chi connectivity index (χ3n) is 4.13. The van der Waals surface area contributed by atoms with Gasteiger partial charge in [-0.15, -0.1) is 11.3 Å². The molecule has 0 spiro atoms. The minimum atomic E-state index is 0.112. The number of rotatable bonds is 5. The van der Waals surface area contributed by atoms with Gasteiger partial charge in [0.05, 0.1) is 0 Å². The Bertz CT molecular complexity index is 550. The summed E-state index contributed by atoms with van der Waals surface area (Å²) in [4.78, 5) is 20.1. The van der Waals surface area contributed by atoms with Crippen LogP contribution in [-0.4, -0.2) is 42.9 Å². The first-order chi connectivity index (χ1) is 10.8. The van der Waals surface area contributed by atoms with Crippen LogP contribution in [0.1, 0.15) is 30.2 Å².